The number of hydrogen-bond donors (Lipinski definition) is 0. The Labute approximate surface area is 280 Å². The molecule has 0 radical (unpaired) electrons. The lowest BCUT2D eigenvalue weighted by atomic mass is 9.63. The fourth-order valence-electron chi connectivity index (χ4n) is 8.76. The van der Waals surface area contributed by atoms with Crippen LogP contribution < -0.4 is 4.74 Å². The molecule has 5 aliphatic rings. The van der Waals surface area contributed by atoms with Crippen molar-refractivity contribution in [1.29, 1.82) is 0 Å². The summed E-state index contributed by atoms with van der Waals surface area (Å²) in [7, 11) is 0. The highest BCUT2D eigenvalue weighted by Gasteiger charge is 2.53. The fourth-order valence-corrected chi connectivity index (χ4v) is 8.76. The Bertz CT molecular complexity index is 2230. The molecule has 0 saturated carbocycles. The van der Waals surface area contributed by atoms with Crippen LogP contribution in [-0.4, -0.2) is 28.7 Å². The Balaban J connectivity index is 1.15. The van der Waals surface area contributed by atoms with Gasteiger partial charge in [-0.25, -0.2) is 4.99 Å². The molecule has 0 saturated heterocycles. The van der Waals surface area contributed by atoms with Crippen LogP contribution in [-0.2, 0) is 5.41 Å². The van der Waals surface area contributed by atoms with Gasteiger partial charge in [0.1, 0.15) is 11.9 Å². The molecule has 10 rings (SSSR count). The van der Waals surface area contributed by atoms with Crippen molar-refractivity contribution in [3.63, 3.8) is 0 Å². The molecule has 0 amide bonds. The average molecular weight is 620 g/mol. The minimum Gasteiger partial charge on any atom is -0.485 e. The average Bonchev–Trinajstić information content (AvgIpc) is 3.45. The first-order valence-electron chi connectivity index (χ1n) is 17.0. The van der Waals surface area contributed by atoms with Crippen LogP contribution in [0, 0.1) is 5.92 Å². The summed E-state index contributed by atoms with van der Waals surface area (Å²) in [6, 6.07) is 39.4. The quantitative estimate of drug-likeness (QED) is 0.189. The first-order valence-corrected chi connectivity index (χ1v) is 17.0. The minimum atomic E-state index is -0.423. The number of pyridine rings is 1. The van der Waals surface area contributed by atoms with E-state index in [1.165, 1.54) is 33.4 Å². The molecular weight excluding hydrogens is 587 g/mol. The van der Waals surface area contributed by atoms with E-state index in [-0.39, 0.29) is 18.1 Å². The van der Waals surface area contributed by atoms with E-state index in [1.807, 2.05) is 12.3 Å². The summed E-state index contributed by atoms with van der Waals surface area (Å²) in [5, 5.41) is 0. The van der Waals surface area contributed by atoms with Gasteiger partial charge in [0.25, 0.3) is 0 Å². The van der Waals surface area contributed by atoms with E-state index in [1.54, 1.807) is 0 Å². The van der Waals surface area contributed by atoms with Crippen molar-refractivity contribution in [3.05, 3.63) is 179 Å². The molecule has 0 fully saturated rings. The summed E-state index contributed by atoms with van der Waals surface area (Å²) in [5.41, 5.74) is 12.4. The predicted octanol–water partition coefficient (Wildman–Crippen LogP) is 9.29. The zero-order valence-corrected chi connectivity index (χ0v) is 26.5. The molecule has 4 aromatic carbocycles. The number of fused-ring (bicyclic) bond motifs is 10. The van der Waals surface area contributed by atoms with Gasteiger partial charge in [-0.15, -0.1) is 0 Å². The molecule has 3 unspecified atom stereocenters. The molecule has 230 valence electrons. The van der Waals surface area contributed by atoms with Crippen LogP contribution >= 0.6 is 0 Å². The van der Waals surface area contributed by atoms with Crippen molar-refractivity contribution in [2.24, 2.45) is 15.9 Å². The van der Waals surface area contributed by atoms with Crippen molar-refractivity contribution < 1.29 is 4.74 Å². The van der Waals surface area contributed by atoms with Crippen molar-refractivity contribution >= 4 is 11.5 Å². The molecule has 4 heteroatoms. The maximum absolute atomic E-state index is 6.93. The van der Waals surface area contributed by atoms with Crippen molar-refractivity contribution in [1.82, 2.24) is 4.98 Å². The van der Waals surface area contributed by atoms with E-state index in [4.69, 9.17) is 19.7 Å². The van der Waals surface area contributed by atoms with Gasteiger partial charge in [-0.3, -0.25) is 9.98 Å². The van der Waals surface area contributed by atoms with Crippen LogP contribution in [0.2, 0.25) is 0 Å². The summed E-state index contributed by atoms with van der Waals surface area (Å²) in [4.78, 5) is 15.5. The first kappa shape index (κ1) is 27.5. The molecule has 1 spiro atoms. The second-order valence-electron chi connectivity index (χ2n) is 13.3. The van der Waals surface area contributed by atoms with E-state index in [9.17, 15) is 0 Å². The summed E-state index contributed by atoms with van der Waals surface area (Å²) >= 11 is 0. The second kappa shape index (κ2) is 10.7. The number of aliphatic imine (C=N–C) groups is 2. The van der Waals surface area contributed by atoms with Crippen LogP contribution in [0.25, 0.3) is 22.4 Å². The predicted molar refractivity (Wildman–Crippen MR) is 193 cm³/mol. The molecule has 3 aliphatic carbocycles. The molecule has 0 bridgehead atoms. The van der Waals surface area contributed by atoms with E-state index in [2.05, 4.69) is 134 Å². The van der Waals surface area contributed by atoms with Gasteiger partial charge in [0.05, 0.1) is 22.9 Å². The fraction of sp³-hybridized carbons (Fsp3) is 0.159. The van der Waals surface area contributed by atoms with Crippen LogP contribution in [0.15, 0.2) is 161 Å². The number of amidine groups is 1. The number of aromatic nitrogens is 1. The molecule has 3 atom stereocenters. The van der Waals surface area contributed by atoms with Gasteiger partial charge in [-0.2, -0.15) is 0 Å². The molecule has 4 nitrogen and oxygen atoms in total. The summed E-state index contributed by atoms with van der Waals surface area (Å²) < 4.78 is 6.93. The maximum Gasteiger partial charge on any atom is 0.157 e. The molecular formula is C44H33N3O. The summed E-state index contributed by atoms with van der Waals surface area (Å²) in [5.74, 6) is 1.94. The van der Waals surface area contributed by atoms with Crippen molar-refractivity contribution in [2.45, 2.75) is 36.8 Å². The smallest absolute Gasteiger partial charge is 0.157 e. The Morgan fingerprint density at radius 2 is 1.40 bits per heavy atom. The Hall–Kier alpha value is -5.61. The van der Waals surface area contributed by atoms with Gasteiger partial charge in [0.15, 0.2) is 5.84 Å². The Morgan fingerprint density at radius 3 is 2.23 bits per heavy atom. The summed E-state index contributed by atoms with van der Waals surface area (Å²) in [6.07, 6.45) is 15.8. The lowest BCUT2D eigenvalue weighted by Gasteiger charge is -2.45. The normalized spacial score (nSPS) is 22.2. The van der Waals surface area contributed by atoms with Gasteiger partial charge >= 0.3 is 0 Å². The lowest BCUT2D eigenvalue weighted by molar-refractivity contribution is 0.205. The minimum absolute atomic E-state index is 0.0581. The number of benzene rings is 4. The molecule has 5 aromatic rings. The molecule has 48 heavy (non-hydrogen) atoms. The van der Waals surface area contributed by atoms with Gasteiger partial charge in [-0.05, 0) is 64.4 Å². The van der Waals surface area contributed by atoms with Crippen LogP contribution in [0.4, 0.5) is 0 Å². The second-order valence-corrected chi connectivity index (χ2v) is 13.3. The first-order chi connectivity index (χ1) is 23.8. The molecule has 3 heterocycles. The molecule has 1 aromatic heterocycles. The Kier molecular flexibility index (Phi) is 6.14. The summed E-state index contributed by atoms with van der Waals surface area (Å²) in [6.45, 7) is 0. The van der Waals surface area contributed by atoms with Gasteiger partial charge in [0, 0.05) is 35.2 Å². The highest BCUT2D eigenvalue weighted by molar-refractivity contribution is 6.16. The standard InChI is InChI=1S/C44H33N3O/c1-2-13-28(14-3-1)42-32-17-6-10-22-38(32)46-43(47-42)33-18-12-26-45-41(33)29-24-25-37-40(27-29)48-39-23-11-9-21-36(39)44(37)34-19-7-4-15-30(34)31-16-5-8-20-35(31)44/h1-16,18-21,24-27,32,38-39H,17,22-23H2. The van der Waals surface area contributed by atoms with Crippen molar-refractivity contribution in [3.8, 4) is 28.1 Å². The van der Waals surface area contributed by atoms with Crippen molar-refractivity contribution in [2.75, 3.05) is 0 Å². The lowest BCUT2D eigenvalue weighted by Crippen LogP contribution is -2.42. The highest BCUT2D eigenvalue weighted by Crippen LogP contribution is 2.61. The highest BCUT2D eigenvalue weighted by atomic mass is 16.5. The van der Waals surface area contributed by atoms with Crippen LogP contribution in [0.5, 0.6) is 5.75 Å². The zero-order chi connectivity index (χ0) is 31.7. The third kappa shape index (κ3) is 3.92. The largest absolute Gasteiger partial charge is 0.485 e. The van der Waals surface area contributed by atoms with Crippen LogP contribution in [0.3, 0.4) is 0 Å². The van der Waals surface area contributed by atoms with E-state index >= 15 is 0 Å². The van der Waals surface area contributed by atoms with E-state index in [0.29, 0.717) is 0 Å². The Morgan fingerprint density at radius 1 is 0.646 bits per heavy atom. The third-order valence-electron chi connectivity index (χ3n) is 10.8. The van der Waals surface area contributed by atoms with Gasteiger partial charge in [0.2, 0.25) is 0 Å². The van der Waals surface area contributed by atoms with E-state index < -0.39 is 5.41 Å². The van der Waals surface area contributed by atoms with Gasteiger partial charge < -0.3 is 4.74 Å². The zero-order valence-electron chi connectivity index (χ0n) is 26.5. The number of ether oxygens (including phenoxy) is 1. The van der Waals surface area contributed by atoms with E-state index in [0.717, 1.165) is 58.9 Å². The topological polar surface area (TPSA) is 46.8 Å². The monoisotopic (exact) mass is 619 g/mol. The molecule has 2 aliphatic heterocycles. The maximum atomic E-state index is 6.93. The number of hydrogen-bond acceptors (Lipinski definition) is 4. The number of rotatable bonds is 3. The number of nitrogens with zero attached hydrogens (tertiary/aromatic N) is 3. The molecule has 0 N–H and O–H groups in total. The van der Waals surface area contributed by atoms with Gasteiger partial charge in [-0.1, -0.05) is 121 Å². The number of allylic oxidation sites excluding steroid dienone is 3. The third-order valence-corrected chi connectivity index (χ3v) is 10.8. The SMILES string of the molecule is C1=CCC2Oc3cc(-c4ncccc4C4=NC5CC=CCC5C(c5ccccc5)=N4)ccc3C3(C2=C1)c1ccccc1-c1ccccc13. The van der Waals surface area contributed by atoms with Crippen LogP contribution in [0.1, 0.15) is 47.1 Å².